The van der Waals surface area contributed by atoms with E-state index in [4.69, 9.17) is 14.5 Å². The second kappa shape index (κ2) is 12.1. The van der Waals surface area contributed by atoms with Crippen LogP contribution < -0.4 is 14.5 Å². The minimum absolute atomic E-state index is 0.778. The van der Waals surface area contributed by atoms with Crippen LogP contribution in [-0.2, 0) is 24.4 Å². The summed E-state index contributed by atoms with van der Waals surface area (Å²) >= 11 is 1.75. The maximum absolute atomic E-state index is 5.55. The molecule has 0 amide bonds. The fourth-order valence-electron chi connectivity index (χ4n) is 4.83. The topological polar surface area (TPSA) is 44.3 Å². The van der Waals surface area contributed by atoms with Crippen molar-refractivity contribution < 1.29 is 9.47 Å². The van der Waals surface area contributed by atoms with Gasteiger partial charge in [0.1, 0.15) is 5.75 Å². The monoisotopic (exact) mass is 507 g/mol. The van der Waals surface area contributed by atoms with Gasteiger partial charge in [-0.2, -0.15) is 0 Å². The van der Waals surface area contributed by atoms with E-state index >= 15 is 0 Å². The molecule has 2 saturated heterocycles. The quantitative estimate of drug-likeness (QED) is 0.435. The van der Waals surface area contributed by atoms with E-state index in [0.717, 1.165) is 88.7 Å². The Labute approximate surface area is 218 Å². The van der Waals surface area contributed by atoms with Gasteiger partial charge in [-0.3, -0.25) is 4.90 Å². The van der Waals surface area contributed by atoms with E-state index in [1.54, 1.807) is 18.4 Å². The van der Waals surface area contributed by atoms with Gasteiger partial charge >= 0.3 is 0 Å². The lowest BCUT2D eigenvalue weighted by molar-refractivity contribution is 0.122. The number of likely N-dealkylation sites (N-methyl/N-ethyl adjacent to an activating group) is 1. The maximum atomic E-state index is 5.55. The van der Waals surface area contributed by atoms with Crippen LogP contribution in [0.1, 0.15) is 16.8 Å². The van der Waals surface area contributed by atoms with Crippen LogP contribution in [0, 0.1) is 0 Å². The summed E-state index contributed by atoms with van der Waals surface area (Å²) in [5.74, 6) is 0.886. The molecule has 0 saturated carbocycles. The molecule has 0 N–H and O–H groups in total. The lowest BCUT2D eigenvalue weighted by Crippen LogP contribution is -2.43. The zero-order valence-electron chi connectivity index (χ0n) is 21.4. The first-order valence-electron chi connectivity index (χ1n) is 12.8. The van der Waals surface area contributed by atoms with Crippen LogP contribution >= 0.6 is 11.3 Å². The molecule has 8 heteroatoms. The molecule has 36 heavy (non-hydrogen) atoms. The third-order valence-corrected chi connectivity index (χ3v) is 7.91. The van der Waals surface area contributed by atoms with Gasteiger partial charge in [0.2, 0.25) is 0 Å². The molecule has 2 fully saturated rings. The molecule has 0 bridgehead atoms. The summed E-state index contributed by atoms with van der Waals surface area (Å²) in [5.41, 5.74) is 4.94. The molecular weight excluding hydrogens is 470 g/mol. The minimum Gasteiger partial charge on any atom is -0.497 e. The zero-order chi connectivity index (χ0) is 24.7. The molecular formula is C28H37N5O2S. The molecule has 2 aliphatic rings. The van der Waals surface area contributed by atoms with Crippen molar-refractivity contribution in [3.05, 3.63) is 70.7 Å². The first kappa shape index (κ1) is 25.0. The first-order valence-corrected chi connectivity index (χ1v) is 13.7. The lowest BCUT2D eigenvalue weighted by Gasteiger charge is -2.31. The van der Waals surface area contributed by atoms with Gasteiger partial charge < -0.3 is 24.2 Å². The second-order valence-electron chi connectivity index (χ2n) is 9.68. The van der Waals surface area contributed by atoms with E-state index in [0.29, 0.717) is 0 Å². The molecule has 7 nitrogen and oxygen atoms in total. The number of rotatable bonds is 9. The highest BCUT2D eigenvalue weighted by atomic mass is 32.1. The van der Waals surface area contributed by atoms with Gasteiger partial charge in [0.05, 0.1) is 26.0 Å². The van der Waals surface area contributed by atoms with Gasteiger partial charge in [-0.15, -0.1) is 11.3 Å². The number of piperazine rings is 1. The number of ether oxygens (including phenoxy) is 2. The third kappa shape index (κ3) is 6.56. The van der Waals surface area contributed by atoms with E-state index < -0.39 is 0 Å². The van der Waals surface area contributed by atoms with Crippen LogP contribution in [0.5, 0.6) is 5.75 Å². The van der Waals surface area contributed by atoms with Gasteiger partial charge in [-0.25, -0.2) is 4.98 Å². The summed E-state index contributed by atoms with van der Waals surface area (Å²) in [6.07, 6.45) is 0. The molecule has 2 aromatic carbocycles. The average Bonchev–Trinajstić information content (AvgIpc) is 3.39. The summed E-state index contributed by atoms with van der Waals surface area (Å²) in [6, 6.07) is 17.3. The number of methoxy groups -OCH3 is 1. The second-order valence-corrected chi connectivity index (χ2v) is 10.5. The highest BCUT2D eigenvalue weighted by Crippen LogP contribution is 2.27. The van der Waals surface area contributed by atoms with Gasteiger partial charge in [0.25, 0.3) is 0 Å². The first-order chi connectivity index (χ1) is 17.7. The van der Waals surface area contributed by atoms with Crippen LogP contribution in [0.25, 0.3) is 0 Å². The highest BCUT2D eigenvalue weighted by molar-refractivity contribution is 7.13. The smallest absolute Gasteiger partial charge is 0.186 e. The molecule has 0 atom stereocenters. The van der Waals surface area contributed by atoms with E-state index in [2.05, 4.69) is 74.5 Å². The number of hydrogen-bond acceptors (Lipinski definition) is 8. The normalized spacial score (nSPS) is 17.3. The van der Waals surface area contributed by atoms with Crippen molar-refractivity contribution in [3.8, 4) is 5.75 Å². The van der Waals surface area contributed by atoms with Crippen LogP contribution in [0.3, 0.4) is 0 Å². The van der Waals surface area contributed by atoms with Crippen LogP contribution in [0.2, 0.25) is 0 Å². The van der Waals surface area contributed by atoms with Gasteiger partial charge in [-0.1, -0.05) is 24.3 Å². The molecule has 3 aromatic rings. The average molecular weight is 508 g/mol. The Kier molecular flexibility index (Phi) is 8.38. The summed E-state index contributed by atoms with van der Waals surface area (Å²) in [5, 5.41) is 3.30. The summed E-state index contributed by atoms with van der Waals surface area (Å²) < 4.78 is 11.0. The number of morpholine rings is 1. The van der Waals surface area contributed by atoms with Crippen molar-refractivity contribution in [2.45, 2.75) is 19.6 Å². The van der Waals surface area contributed by atoms with Crippen molar-refractivity contribution >= 4 is 22.2 Å². The Bertz CT molecular complexity index is 1110. The molecule has 0 aliphatic carbocycles. The minimum atomic E-state index is 0.778. The third-order valence-electron chi connectivity index (χ3n) is 6.96. The van der Waals surface area contributed by atoms with E-state index in [9.17, 15) is 0 Å². The molecule has 0 unspecified atom stereocenters. The number of anilines is 2. The molecule has 2 aliphatic heterocycles. The van der Waals surface area contributed by atoms with Crippen LogP contribution in [0.4, 0.5) is 10.8 Å². The lowest BCUT2D eigenvalue weighted by atomic mass is 10.1. The number of benzene rings is 2. The summed E-state index contributed by atoms with van der Waals surface area (Å²) in [4.78, 5) is 14.8. The van der Waals surface area contributed by atoms with Crippen molar-refractivity contribution in [3.63, 3.8) is 0 Å². The Morgan fingerprint density at radius 3 is 2.42 bits per heavy atom. The molecule has 1 aromatic heterocycles. The Morgan fingerprint density at radius 1 is 0.944 bits per heavy atom. The number of thiazole rings is 1. The summed E-state index contributed by atoms with van der Waals surface area (Å²) in [6.45, 7) is 10.4. The standard InChI is InChI=1S/C28H37N5O2S/c1-30-9-11-31(12-10-30)21-25-22-36-28(29-25)33(20-24-6-4-8-27(18-24)34-2)19-23-5-3-7-26(17-23)32-13-15-35-16-14-32/h3-8,17-18,22H,9-16,19-21H2,1-2H3. The Balaban J connectivity index is 1.35. The van der Waals surface area contributed by atoms with Crippen molar-refractivity contribution in [2.75, 3.05) is 76.4 Å². The maximum Gasteiger partial charge on any atom is 0.186 e. The predicted molar refractivity (Wildman–Crippen MR) is 147 cm³/mol. The van der Waals surface area contributed by atoms with Crippen LogP contribution in [0.15, 0.2) is 53.9 Å². The van der Waals surface area contributed by atoms with E-state index in [1.807, 2.05) is 6.07 Å². The van der Waals surface area contributed by atoms with E-state index in [1.165, 1.54) is 16.8 Å². The SMILES string of the molecule is COc1cccc(CN(Cc2cccc(N3CCOCC3)c2)c2nc(CN3CCN(C)CC3)cs2)c1. The summed E-state index contributed by atoms with van der Waals surface area (Å²) in [7, 11) is 3.92. The molecule has 192 valence electrons. The number of nitrogens with zero attached hydrogens (tertiary/aromatic N) is 5. The highest BCUT2D eigenvalue weighted by Gasteiger charge is 2.18. The van der Waals surface area contributed by atoms with Crippen molar-refractivity contribution in [2.24, 2.45) is 0 Å². The van der Waals surface area contributed by atoms with Crippen LogP contribution in [-0.4, -0.2) is 81.4 Å². The molecule has 5 rings (SSSR count). The van der Waals surface area contributed by atoms with Crippen molar-refractivity contribution in [1.29, 1.82) is 0 Å². The fourth-order valence-corrected chi connectivity index (χ4v) is 5.64. The van der Waals surface area contributed by atoms with Gasteiger partial charge in [0.15, 0.2) is 5.13 Å². The zero-order valence-corrected chi connectivity index (χ0v) is 22.3. The van der Waals surface area contributed by atoms with Gasteiger partial charge in [-0.05, 0) is 42.4 Å². The predicted octanol–water partition coefficient (Wildman–Crippen LogP) is 3.94. The Morgan fingerprint density at radius 2 is 1.67 bits per heavy atom. The molecule has 0 radical (unpaired) electrons. The molecule has 0 spiro atoms. The number of hydrogen-bond donors (Lipinski definition) is 0. The van der Waals surface area contributed by atoms with E-state index in [-0.39, 0.29) is 0 Å². The Hall–Kier alpha value is -2.65. The number of aromatic nitrogens is 1. The van der Waals surface area contributed by atoms with Gasteiger partial charge in [0, 0.05) is 70.0 Å². The molecule has 3 heterocycles. The largest absolute Gasteiger partial charge is 0.497 e. The fraction of sp³-hybridized carbons (Fsp3) is 0.464. The van der Waals surface area contributed by atoms with Crippen molar-refractivity contribution in [1.82, 2.24) is 14.8 Å².